The number of nitriles is 1. The van der Waals surface area contributed by atoms with E-state index in [1.165, 1.54) is 34.5 Å². The Morgan fingerprint density at radius 2 is 1.89 bits per heavy atom. The number of hydrogen-bond acceptors (Lipinski definition) is 5. The summed E-state index contributed by atoms with van der Waals surface area (Å²) < 4.78 is 3.68. The van der Waals surface area contributed by atoms with Crippen LogP contribution in [0.2, 0.25) is 0 Å². The first-order valence-electron chi connectivity index (χ1n) is 8.29. The quantitative estimate of drug-likeness (QED) is 0.649. The first-order valence-corrected chi connectivity index (χ1v) is 8.29. The van der Waals surface area contributed by atoms with Crippen LogP contribution < -0.4 is 16.1 Å². The number of carbonyl (C=O) groups is 1. The van der Waals surface area contributed by atoms with Gasteiger partial charge in [-0.2, -0.15) is 5.26 Å². The number of imidazole rings is 1. The summed E-state index contributed by atoms with van der Waals surface area (Å²) in [6.07, 6.45) is 1.55. The Bertz CT molecular complexity index is 1150. The van der Waals surface area contributed by atoms with Gasteiger partial charge >= 0.3 is 5.69 Å². The van der Waals surface area contributed by atoms with Crippen molar-refractivity contribution >= 4 is 22.8 Å². The molecule has 2 heterocycles. The minimum atomic E-state index is -0.512. The molecule has 0 aliphatic heterocycles. The molecular formula is C18H18N6O3. The van der Waals surface area contributed by atoms with Crippen LogP contribution in [-0.2, 0) is 25.4 Å². The van der Waals surface area contributed by atoms with Gasteiger partial charge in [0.25, 0.3) is 5.56 Å². The van der Waals surface area contributed by atoms with E-state index in [2.05, 4.69) is 4.98 Å². The fraction of sp³-hybridized carbons (Fsp3) is 0.278. The normalized spacial score (nSPS) is 10.7. The third kappa shape index (κ3) is 3.25. The van der Waals surface area contributed by atoms with Gasteiger partial charge in [0.1, 0.15) is 6.54 Å². The molecule has 27 heavy (non-hydrogen) atoms. The van der Waals surface area contributed by atoms with Gasteiger partial charge < -0.3 is 9.47 Å². The second-order valence-corrected chi connectivity index (χ2v) is 6.04. The smallest absolute Gasteiger partial charge is 0.315 e. The number of benzene rings is 1. The number of amides is 1. The van der Waals surface area contributed by atoms with Crippen molar-refractivity contribution in [2.45, 2.75) is 13.0 Å². The summed E-state index contributed by atoms with van der Waals surface area (Å²) >= 11 is 0. The highest BCUT2D eigenvalue weighted by molar-refractivity contribution is 5.93. The summed E-state index contributed by atoms with van der Waals surface area (Å²) in [5.41, 5.74) is 0.0774. The van der Waals surface area contributed by atoms with Crippen LogP contribution in [0.3, 0.4) is 0 Å². The molecule has 3 rings (SSSR count). The lowest BCUT2D eigenvalue weighted by atomic mass is 10.2. The van der Waals surface area contributed by atoms with Crippen LogP contribution in [0, 0.1) is 11.3 Å². The average molecular weight is 366 g/mol. The van der Waals surface area contributed by atoms with Crippen molar-refractivity contribution < 1.29 is 4.79 Å². The molecule has 9 heteroatoms. The zero-order valence-electron chi connectivity index (χ0n) is 15.0. The molecule has 1 aromatic carbocycles. The number of hydrogen-bond donors (Lipinski definition) is 0. The lowest BCUT2D eigenvalue weighted by molar-refractivity contribution is -0.119. The Kier molecular flexibility index (Phi) is 4.90. The lowest BCUT2D eigenvalue weighted by Crippen LogP contribution is -2.38. The maximum absolute atomic E-state index is 12.9. The van der Waals surface area contributed by atoms with Crippen molar-refractivity contribution in [3.8, 4) is 6.07 Å². The van der Waals surface area contributed by atoms with Crippen molar-refractivity contribution in [3.63, 3.8) is 0 Å². The summed E-state index contributed by atoms with van der Waals surface area (Å²) in [6.45, 7) is 0.104. The number of carbonyl (C=O) groups excluding carboxylic acids is 1. The van der Waals surface area contributed by atoms with E-state index in [1.807, 2.05) is 12.1 Å². The number of rotatable bonds is 5. The Morgan fingerprint density at radius 1 is 1.19 bits per heavy atom. The van der Waals surface area contributed by atoms with Crippen molar-refractivity contribution in [2.24, 2.45) is 14.1 Å². The van der Waals surface area contributed by atoms with E-state index < -0.39 is 11.2 Å². The minimum absolute atomic E-state index is 0.135. The number of aromatic nitrogens is 4. The largest absolute Gasteiger partial charge is 0.332 e. The molecule has 0 aliphatic carbocycles. The Balaban J connectivity index is 2.01. The molecule has 0 unspecified atom stereocenters. The van der Waals surface area contributed by atoms with Crippen LogP contribution in [0.15, 0.2) is 46.2 Å². The van der Waals surface area contributed by atoms with Crippen LogP contribution in [0.4, 0.5) is 5.69 Å². The molecule has 0 spiro atoms. The standard InChI is InChI=1S/C18H18N6O3/c1-21-16-15(17(26)22(2)18(21)27)23(12-20-16)11-14(25)24(10-6-9-19)13-7-4-3-5-8-13/h3-5,7-8,12H,6,10-11H2,1-2H3. The second-order valence-electron chi connectivity index (χ2n) is 6.04. The Morgan fingerprint density at radius 3 is 2.56 bits per heavy atom. The molecule has 9 nitrogen and oxygen atoms in total. The monoisotopic (exact) mass is 366 g/mol. The predicted octanol–water partition coefficient (Wildman–Crippen LogP) is 0.381. The fourth-order valence-electron chi connectivity index (χ4n) is 2.92. The van der Waals surface area contributed by atoms with Gasteiger partial charge in [-0.15, -0.1) is 0 Å². The summed E-state index contributed by atoms with van der Waals surface area (Å²) in [5.74, 6) is -0.286. The maximum atomic E-state index is 12.9. The Labute approximate surface area is 154 Å². The molecule has 0 fully saturated rings. The third-order valence-electron chi connectivity index (χ3n) is 4.34. The molecular weight excluding hydrogens is 348 g/mol. The van der Waals surface area contributed by atoms with Gasteiger partial charge in [-0.1, -0.05) is 18.2 Å². The zero-order chi connectivity index (χ0) is 19.6. The van der Waals surface area contributed by atoms with Crippen LogP contribution in [0.25, 0.3) is 11.2 Å². The van der Waals surface area contributed by atoms with Crippen molar-refractivity contribution in [2.75, 3.05) is 11.4 Å². The van der Waals surface area contributed by atoms with E-state index in [0.717, 1.165) is 4.57 Å². The predicted molar refractivity (Wildman–Crippen MR) is 99.2 cm³/mol. The van der Waals surface area contributed by atoms with Crippen molar-refractivity contribution in [1.82, 2.24) is 18.7 Å². The fourth-order valence-corrected chi connectivity index (χ4v) is 2.92. The van der Waals surface area contributed by atoms with Gasteiger partial charge in [-0.05, 0) is 12.1 Å². The molecule has 0 aliphatic rings. The summed E-state index contributed by atoms with van der Waals surface area (Å²) in [5, 5.41) is 8.89. The first kappa shape index (κ1) is 18.1. The van der Waals surface area contributed by atoms with E-state index >= 15 is 0 Å². The van der Waals surface area contributed by atoms with E-state index in [0.29, 0.717) is 5.69 Å². The van der Waals surface area contributed by atoms with Gasteiger partial charge in [0.2, 0.25) is 5.91 Å². The molecule has 1 amide bonds. The molecule has 0 saturated carbocycles. The molecule has 3 aromatic rings. The third-order valence-corrected chi connectivity index (χ3v) is 4.34. The second kappa shape index (κ2) is 7.29. The van der Waals surface area contributed by atoms with Gasteiger partial charge in [0.05, 0.1) is 18.8 Å². The van der Waals surface area contributed by atoms with Gasteiger partial charge in [-0.3, -0.25) is 18.7 Å². The number of para-hydroxylation sites is 1. The number of aryl methyl sites for hydroxylation is 1. The molecule has 0 saturated heterocycles. The van der Waals surface area contributed by atoms with Gasteiger partial charge in [0.15, 0.2) is 11.2 Å². The molecule has 0 N–H and O–H groups in total. The number of anilines is 1. The molecule has 2 aromatic heterocycles. The zero-order valence-corrected chi connectivity index (χ0v) is 15.0. The van der Waals surface area contributed by atoms with E-state index in [1.54, 1.807) is 24.3 Å². The first-order chi connectivity index (χ1) is 13.0. The van der Waals surface area contributed by atoms with Crippen LogP contribution in [0.1, 0.15) is 6.42 Å². The number of nitrogens with zero attached hydrogens (tertiary/aromatic N) is 6. The highest BCUT2D eigenvalue weighted by Gasteiger charge is 2.20. The molecule has 138 valence electrons. The van der Waals surface area contributed by atoms with E-state index in [9.17, 15) is 14.4 Å². The SMILES string of the molecule is Cn1c(=O)c2c(ncn2CC(=O)N(CCC#N)c2ccccc2)n(C)c1=O. The molecule has 0 radical (unpaired) electrons. The van der Waals surface area contributed by atoms with Crippen molar-refractivity contribution in [3.05, 3.63) is 57.5 Å². The minimum Gasteiger partial charge on any atom is -0.315 e. The lowest BCUT2D eigenvalue weighted by Gasteiger charge is -2.22. The summed E-state index contributed by atoms with van der Waals surface area (Å²) in [4.78, 5) is 43.0. The highest BCUT2D eigenvalue weighted by atomic mass is 16.2. The average Bonchev–Trinajstić information content (AvgIpc) is 3.09. The van der Waals surface area contributed by atoms with Gasteiger partial charge in [-0.25, -0.2) is 9.78 Å². The molecule has 0 bridgehead atoms. The summed E-state index contributed by atoms with van der Waals surface area (Å²) in [6, 6.07) is 11.0. The van der Waals surface area contributed by atoms with Crippen molar-refractivity contribution in [1.29, 1.82) is 5.26 Å². The van der Waals surface area contributed by atoms with E-state index in [-0.39, 0.29) is 36.6 Å². The van der Waals surface area contributed by atoms with E-state index in [4.69, 9.17) is 5.26 Å². The van der Waals surface area contributed by atoms with Gasteiger partial charge in [0, 0.05) is 26.3 Å². The van der Waals surface area contributed by atoms with Crippen LogP contribution in [0.5, 0.6) is 0 Å². The van der Waals surface area contributed by atoms with Crippen LogP contribution >= 0.6 is 0 Å². The maximum Gasteiger partial charge on any atom is 0.332 e. The highest BCUT2D eigenvalue weighted by Crippen LogP contribution is 2.15. The number of fused-ring (bicyclic) bond motifs is 1. The van der Waals surface area contributed by atoms with Crippen LogP contribution in [-0.4, -0.2) is 31.1 Å². The summed E-state index contributed by atoms with van der Waals surface area (Å²) in [7, 11) is 2.90. The molecule has 0 atom stereocenters. The Hall–Kier alpha value is -3.67. The topological polar surface area (TPSA) is 106 Å².